The smallest absolute Gasteiger partial charge is 0.0619 e. The van der Waals surface area contributed by atoms with Gasteiger partial charge in [-0.05, 0) is 260 Å². The molecule has 0 unspecified atom stereocenters. The van der Waals surface area contributed by atoms with Crippen molar-refractivity contribution < 1.29 is 0 Å². The first-order chi connectivity index (χ1) is 50.0. The number of hydrogen-bond donors (Lipinski definition) is 0. The Balaban J connectivity index is 0.747. The maximum atomic E-state index is 4.15. The summed E-state index contributed by atoms with van der Waals surface area (Å²) in [7, 11) is 0. The molecule has 8 aliphatic rings. The minimum atomic E-state index is -0.742. The average Bonchev–Trinajstić information content (AvgIpc) is 1.51. The van der Waals surface area contributed by atoms with Crippen LogP contribution < -0.4 is 0 Å². The molecule has 8 aliphatic carbocycles. The molecule has 0 saturated heterocycles. The molecular weight excluding hydrogens is 1280 g/mol. The van der Waals surface area contributed by atoms with E-state index in [1.807, 2.05) is 0 Å². The summed E-state index contributed by atoms with van der Waals surface area (Å²) >= 11 is 4.15. The molecule has 0 nitrogen and oxygen atoms in total. The fraction of sp³-hybridized carbons (Fsp3) is 0.0400. The molecule has 0 saturated carbocycles. The van der Waals surface area contributed by atoms with Gasteiger partial charge >= 0.3 is 0 Å². The quantitative estimate of drug-likeness (QED) is 0.165. The highest BCUT2D eigenvalue weighted by molar-refractivity contribution is 9.10. The second-order valence-electron chi connectivity index (χ2n) is 29.2. The molecule has 24 rings (SSSR count). The molecule has 16 aromatic rings. The van der Waals surface area contributed by atoms with E-state index in [1.165, 1.54) is 211 Å². The molecule has 0 aliphatic heterocycles. The first-order valence-corrected chi connectivity index (χ1v) is 36.3. The van der Waals surface area contributed by atoms with E-state index in [2.05, 4.69) is 362 Å². The molecule has 0 aromatic heterocycles. The third-order valence-electron chi connectivity index (χ3n) is 25.2. The predicted molar refractivity (Wildman–Crippen MR) is 416 cm³/mol. The summed E-state index contributed by atoms with van der Waals surface area (Å²) in [6.07, 6.45) is 0. The molecule has 464 valence electrons. The maximum Gasteiger partial charge on any atom is 0.0726 e. The van der Waals surface area contributed by atoms with Crippen molar-refractivity contribution in [1.29, 1.82) is 0 Å². The van der Waals surface area contributed by atoms with Crippen molar-refractivity contribution in [3.05, 3.63) is 439 Å². The Morgan fingerprint density at radius 2 is 0.267 bits per heavy atom. The molecule has 101 heavy (non-hydrogen) atoms. The Morgan fingerprint density at radius 3 is 0.455 bits per heavy atom. The summed E-state index contributed by atoms with van der Waals surface area (Å²) in [5.74, 6) is 0. The van der Waals surface area contributed by atoms with E-state index in [-0.39, 0.29) is 0 Å². The molecule has 1 heteroatoms. The fourth-order valence-corrected chi connectivity index (χ4v) is 21.9. The fourth-order valence-electron chi connectivity index (χ4n) is 21.6. The summed E-state index contributed by atoms with van der Waals surface area (Å²) in [6.45, 7) is 0. The minimum Gasteiger partial charge on any atom is -0.0619 e. The standard InChI is InChI=1S/C100H57Br/c101-64-43-50-80-79-49-42-63(60-39-46-76-73-27-9-18-36-89(73)99(92(76)53-60)85-32-14-5-23-69(85)70-24-6-15-33-86(70)99)56-95(79)100(96(80)57-64)93-54-61(58-37-44-74-71-25-7-16-34-87(71)97(90(74)51-58)81-28-10-1-19-65(81)66-20-2-11-29-82(66)97)40-47-77(93)78-48-41-62(55-94(78)100)59-38-45-75-72-26-8-17-35-88(72)98(91(75)52-59)83-30-12-3-21-67(83)68-22-4-13-31-84(68)98/h1-57H. The molecule has 0 atom stereocenters. The Bertz CT molecular complexity index is 5780. The van der Waals surface area contributed by atoms with Gasteiger partial charge in [0.15, 0.2) is 0 Å². The van der Waals surface area contributed by atoms with Gasteiger partial charge in [-0.2, -0.15) is 0 Å². The molecule has 0 radical (unpaired) electrons. The lowest BCUT2D eigenvalue weighted by Gasteiger charge is -2.32. The van der Waals surface area contributed by atoms with Crippen LogP contribution in [0.25, 0.3) is 122 Å². The van der Waals surface area contributed by atoms with Gasteiger partial charge < -0.3 is 0 Å². The highest BCUT2D eigenvalue weighted by Crippen LogP contribution is 2.69. The number of rotatable bonds is 3. The van der Waals surface area contributed by atoms with Gasteiger partial charge in [0.2, 0.25) is 0 Å². The van der Waals surface area contributed by atoms with Gasteiger partial charge in [0.1, 0.15) is 0 Å². The van der Waals surface area contributed by atoms with Crippen LogP contribution in [0, 0.1) is 0 Å². The van der Waals surface area contributed by atoms with Gasteiger partial charge in [0.25, 0.3) is 0 Å². The van der Waals surface area contributed by atoms with Crippen molar-refractivity contribution in [3.63, 3.8) is 0 Å². The molecular formula is C100H57Br. The molecule has 0 N–H and O–H groups in total. The first kappa shape index (κ1) is 54.9. The molecule has 0 amide bonds. The largest absolute Gasteiger partial charge is 0.0726 e. The third-order valence-corrected chi connectivity index (χ3v) is 25.7. The Morgan fingerprint density at radius 1 is 0.129 bits per heavy atom. The van der Waals surface area contributed by atoms with Crippen LogP contribution in [-0.4, -0.2) is 0 Å². The van der Waals surface area contributed by atoms with Crippen molar-refractivity contribution in [1.82, 2.24) is 0 Å². The van der Waals surface area contributed by atoms with Gasteiger partial charge in [0, 0.05) is 4.47 Å². The topological polar surface area (TPSA) is 0 Å². The lowest BCUT2D eigenvalue weighted by Crippen LogP contribution is -2.26. The van der Waals surface area contributed by atoms with Gasteiger partial charge in [-0.15, -0.1) is 0 Å². The summed E-state index contributed by atoms with van der Waals surface area (Å²) in [5, 5.41) is 0. The molecule has 0 fully saturated rings. The van der Waals surface area contributed by atoms with Gasteiger partial charge in [-0.3, -0.25) is 0 Å². The van der Waals surface area contributed by atoms with E-state index in [0.717, 1.165) is 4.47 Å². The van der Waals surface area contributed by atoms with Gasteiger partial charge in [-0.25, -0.2) is 0 Å². The number of fused-ring (bicyclic) bond motifs is 40. The zero-order valence-electron chi connectivity index (χ0n) is 54.8. The number of halogens is 1. The monoisotopic (exact) mass is 1340 g/mol. The second-order valence-corrected chi connectivity index (χ2v) is 30.1. The van der Waals surface area contributed by atoms with Gasteiger partial charge in [0.05, 0.1) is 21.7 Å². The zero-order chi connectivity index (χ0) is 65.8. The lowest BCUT2D eigenvalue weighted by atomic mass is 9.69. The van der Waals surface area contributed by atoms with Crippen molar-refractivity contribution in [2.24, 2.45) is 0 Å². The SMILES string of the molecule is Brc1ccc2c(c1)C1(c3cc(-c4ccc5c(c4)C4(c6ccccc6-c6ccccc64)c4ccccc4-5)ccc3-2)c2cc(-c3ccc4c(c3)C3(c5ccccc5-c5ccccc53)c3ccccc3-4)ccc2-c2ccc(-c3ccc4c(c3)C3(c5ccccc5-c5ccccc53)c3ccccc3-4)cc21. The maximum absolute atomic E-state index is 4.15. The van der Waals surface area contributed by atoms with Crippen molar-refractivity contribution in [2.75, 3.05) is 0 Å². The number of hydrogen-bond acceptors (Lipinski definition) is 0. The van der Waals surface area contributed by atoms with Crippen LogP contribution in [0.1, 0.15) is 89.0 Å². The lowest BCUT2D eigenvalue weighted by molar-refractivity contribution is 0.791. The molecule has 0 bridgehead atoms. The van der Waals surface area contributed by atoms with Crippen molar-refractivity contribution in [3.8, 4) is 122 Å². The normalized spacial score (nSPS) is 15.3. The van der Waals surface area contributed by atoms with Crippen molar-refractivity contribution >= 4 is 15.9 Å². The van der Waals surface area contributed by atoms with E-state index < -0.39 is 21.7 Å². The zero-order valence-corrected chi connectivity index (χ0v) is 56.4. The number of benzene rings is 16. The molecule has 4 spiro atoms. The summed E-state index contributed by atoms with van der Waals surface area (Å²) < 4.78 is 1.06. The van der Waals surface area contributed by atoms with Crippen LogP contribution >= 0.6 is 15.9 Å². The minimum absolute atomic E-state index is 0.471. The van der Waals surface area contributed by atoms with E-state index >= 15 is 0 Å². The Kier molecular flexibility index (Phi) is 10.5. The van der Waals surface area contributed by atoms with Crippen molar-refractivity contribution in [2.45, 2.75) is 21.7 Å². The Labute approximate surface area is 595 Å². The van der Waals surface area contributed by atoms with E-state index in [0.29, 0.717) is 0 Å². The highest BCUT2D eigenvalue weighted by atomic mass is 79.9. The van der Waals surface area contributed by atoms with E-state index in [4.69, 9.17) is 0 Å². The molecule has 16 aromatic carbocycles. The molecule has 0 heterocycles. The Hall–Kier alpha value is -12.0. The van der Waals surface area contributed by atoms with Crippen LogP contribution in [0.3, 0.4) is 0 Å². The second kappa shape index (κ2) is 19.3. The van der Waals surface area contributed by atoms with Crippen LogP contribution in [0.4, 0.5) is 0 Å². The first-order valence-electron chi connectivity index (χ1n) is 35.6. The van der Waals surface area contributed by atoms with Crippen LogP contribution in [0.15, 0.2) is 350 Å². The average molecular weight is 1340 g/mol. The van der Waals surface area contributed by atoms with Crippen LogP contribution in [-0.2, 0) is 21.7 Å². The van der Waals surface area contributed by atoms with Crippen LogP contribution in [0.5, 0.6) is 0 Å². The summed E-state index contributed by atoms with van der Waals surface area (Å²) in [6, 6.07) is 134. The van der Waals surface area contributed by atoms with E-state index in [1.54, 1.807) is 0 Å². The predicted octanol–water partition coefficient (Wildman–Crippen LogP) is 24.8. The summed E-state index contributed by atoms with van der Waals surface area (Å²) in [5.41, 5.74) is 47.2. The van der Waals surface area contributed by atoms with Crippen LogP contribution in [0.2, 0.25) is 0 Å². The van der Waals surface area contributed by atoms with Gasteiger partial charge in [-0.1, -0.05) is 313 Å². The van der Waals surface area contributed by atoms with E-state index in [9.17, 15) is 0 Å². The summed E-state index contributed by atoms with van der Waals surface area (Å²) in [4.78, 5) is 0. The highest BCUT2D eigenvalue weighted by Gasteiger charge is 2.57. The third kappa shape index (κ3) is 6.44.